The van der Waals surface area contributed by atoms with Crippen LogP contribution in [0.3, 0.4) is 0 Å². The molecule has 0 heterocycles. The summed E-state index contributed by atoms with van der Waals surface area (Å²) < 4.78 is 0. The molecule has 0 fully saturated rings. The number of para-hydroxylation sites is 1. The number of carbonyl (C=O) groups is 1. The number of hydrogen-bond donors (Lipinski definition) is 3. The van der Waals surface area contributed by atoms with E-state index in [-0.39, 0.29) is 5.91 Å². The normalized spacial score (nSPS) is 10.0. The molecule has 0 saturated heterocycles. The zero-order valence-corrected chi connectivity index (χ0v) is 8.92. The number of nitrogens with two attached hydrogens (primary N) is 1. The zero-order chi connectivity index (χ0) is 11.1. The molecule has 0 atom stereocenters. The number of amides is 1. The van der Waals surface area contributed by atoms with Gasteiger partial charge in [-0.15, -0.1) is 0 Å². The lowest BCUT2D eigenvalue weighted by Crippen LogP contribution is -2.31. The molecule has 82 valence electrons. The number of hydrogen-bond acceptors (Lipinski definition) is 3. The van der Waals surface area contributed by atoms with E-state index >= 15 is 0 Å². The maximum atomic E-state index is 11.4. The van der Waals surface area contributed by atoms with E-state index in [4.69, 9.17) is 5.73 Å². The van der Waals surface area contributed by atoms with Crippen LogP contribution in [-0.4, -0.2) is 25.5 Å². The molecule has 0 bridgehead atoms. The first-order chi connectivity index (χ1) is 7.24. The van der Waals surface area contributed by atoms with Crippen LogP contribution in [0, 0.1) is 6.92 Å². The largest absolute Gasteiger partial charge is 0.329 e. The summed E-state index contributed by atoms with van der Waals surface area (Å²) in [6.07, 6.45) is 0. The lowest BCUT2D eigenvalue weighted by atomic mass is 10.2. The Morgan fingerprint density at radius 1 is 1.40 bits per heavy atom. The first kappa shape index (κ1) is 11.7. The second-order valence-electron chi connectivity index (χ2n) is 3.33. The summed E-state index contributed by atoms with van der Waals surface area (Å²) in [7, 11) is 0. The van der Waals surface area contributed by atoms with Crippen LogP contribution in [0.1, 0.15) is 5.56 Å². The molecule has 0 aliphatic carbocycles. The van der Waals surface area contributed by atoms with Gasteiger partial charge in [-0.1, -0.05) is 18.2 Å². The van der Waals surface area contributed by atoms with E-state index in [0.717, 1.165) is 11.3 Å². The van der Waals surface area contributed by atoms with E-state index in [2.05, 4.69) is 10.6 Å². The SMILES string of the molecule is Cc1ccccc1NC(=O)CNCCN. The molecule has 15 heavy (non-hydrogen) atoms. The van der Waals surface area contributed by atoms with Crippen molar-refractivity contribution in [2.75, 3.05) is 25.0 Å². The van der Waals surface area contributed by atoms with Gasteiger partial charge in [0.2, 0.25) is 5.91 Å². The highest BCUT2D eigenvalue weighted by atomic mass is 16.1. The average Bonchev–Trinajstić information content (AvgIpc) is 2.22. The van der Waals surface area contributed by atoms with Gasteiger partial charge in [0.25, 0.3) is 0 Å². The maximum Gasteiger partial charge on any atom is 0.238 e. The second-order valence-corrected chi connectivity index (χ2v) is 3.33. The fraction of sp³-hybridized carbons (Fsp3) is 0.364. The van der Waals surface area contributed by atoms with Gasteiger partial charge in [0.15, 0.2) is 0 Å². The molecule has 0 aliphatic rings. The Morgan fingerprint density at radius 3 is 2.80 bits per heavy atom. The summed E-state index contributed by atoms with van der Waals surface area (Å²) in [5, 5.41) is 5.76. The van der Waals surface area contributed by atoms with Gasteiger partial charge in [-0.05, 0) is 18.6 Å². The van der Waals surface area contributed by atoms with E-state index in [9.17, 15) is 4.79 Å². The van der Waals surface area contributed by atoms with Crippen LogP contribution in [0.5, 0.6) is 0 Å². The molecule has 4 nitrogen and oxygen atoms in total. The predicted molar refractivity (Wildman–Crippen MR) is 61.7 cm³/mol. The molecule has 1 aromatic carbocycles. The molecular weight excluding hydrogens is 190 g/mol. The second kappa shape index (κ2) is 6.16. The Morgan fingerprint density at radius 2 is 2.13 bits per heavy atom. The van der Waals surface area contributed by atoms with Gasteiger partial charge >= 0.3 is 0 Å². The van der Waals surface area contributed by atoms with Gasteiger partial charge in [-0.25, -0.2) is 0 Å². The van der Waals surface area contributed by atoms with Gasteiger partial charge in [0.05, 0.1) is 6.54 Å². The van der Waals surface area contributed by atoms with Gasteiger partial charge < -0.3 is 16.4 Å². The smallest absolute Gasteiger partial charge is 0.238 e. The number of benzene rings is 1. The van der Waals surface area contributed by atoms with Crippen LogP contribution in [-0.2, 0) is 4.79 Å². The van der Waals surface area contributed by atoms with Crippen LogP contribution in [0.15, 0.2) is 24.3 Å². The quantitative estimate of drug-likeness (QED) is 0.615. The minimum absolute atomic E-state index is 0.0437. The van der Waals surface area contributed by atoms with Crippen LogP contribution >= 0.6 is 0 Å². The number of nitrogens with one attached hydrogen (secondary N) is 2. The van der Waals surface area contributed by atoms with Crippen molar-refractivity contribution in [3.8, 4) is 0 Å². The molecule has 4 N–H and O–H groups in total. The Labute approximate surface area is 89.9 Å². The molecule has 0 saturated carbocycles. The van der Waals surface area contributed by atoms with Crippen LogP contribution in [0.2, 0.25) is 0 Å². The van der Waals surface area contributed by atoms with Gasteiger partial charge in [-0.3, -0.25) is 4.79 Å². The van der Waals surface area contributed by atoms with E-state index < -0.39 is 0 Å². The van der Waals surface area contributed by atoms with Gasteiger partial charge in [0, 0.05) is 18.8 Å². The van der Waals surface area contributed by atoms with E-state index in [0.29, 0.717) is 19.6 Å². The summed E-state index contributed by atoms with van der Waals surface area (Å²) in [5.41, 5.74) is 7.22. The van der Waals surface area contributed by atoms with Crippen LogP contribution < -0.4 is 16.4 Å². The minimum atomic E-state index is -0.0437. The maximum absolute atomic E-state index is 11.4. The highest BCUT2D eigenvalue weighted by Gasteiger charge is 2.02. The Bertz CT molecular complexity index is 325. The van der Waals surface area contributed by atoms with Crippen molar-refractivity contribution in [2.24, 2.45) is 5.73 Å². The average molecular weight is 207 g/mol. The third-order valence-electron chi connectivity index (χ3n) is 2.03. The van der Waals surface area contributed by atoms with Crippen molar-refractivity contribution in [3.63, 3.8) is 0 Å². The van der Waals surface area contributed by atoms with E-state index in [1.807, 2.05) is 31.2 Å². The molecule has 1 rings (SSSR count). The molecule has 0 unspecified atom stereocenters. The van der Waals surface area contributed by atoms with Gasteiger partial charge in [0.1, 0.15) is 0 Å². The highest BCUT2D eigenvalue weighted by Crippen LogP contribution is 2.12. The molecule has 0 radical (unpaired) electrons. The Balaban J connectivity index is 2.41. The zero-order valence-electron chi connectivity index (χ0n) is 8.92. The molecule has 0 aliphatic heterocycles. The summed E-state index contributed by atoms with van der Waals surface area (Å²) in [6.45, 7) is 3.45. The molecule has 0 aromatic heterocycles. The van der Waals surface area contributed by atoms with Crippen molar-refractivity contribution >= 4 is 11.6 Å². The summed E-state index contributed by atoms with van der Waals surface area (Å²) >= 11 is 0. The predicted octanol–water partition coefficient (Wildman–Crippen LogP) is 0.482. The van der Waals surface area contributed by atoms with Crippen molar-refractivity contribution in [2.45, 2.75) is 6.92 Å². The Kier molecular flexibility index (Phi) is 4.80. The van der Waals surface area contributed by atoms with Crippen molar-refractivity contribution in [1.82, 2.24) is 5.32 Å². The van der Waals surface area contributed by atoms with Crippen molar-refractivity contribution < 1.29 is 4.79 Å². The summed E-state index contributed by atoms with van der Waals surface area (Å²) in [6, 6.07) is 7.69. The van der Waals surface area contributed by atoms with Gasteiger partial charge in [-0.2, -0.15) is 0 Å². The summed E-state index contributed by atoms with van der Waals surface area (Å²) in [5.74, 6) is -0.0437. The monoisotopic (exact) mass is 207 g/mol. The molecule has 0 spiro atoms. The van der Waals surface area contributed by atoms with Crippen molar-refractivity contribution in [3.05, 3.63) is 29.8 Å². The van der Waals surface area contributed by atoms with Crippen LogP contribution in [0.4, 0.5) is 5.69 Å². The molecule has 1 amide bonds. The topological polar surface area (TPSA) is 67.2 Å². The number of rotatable bonds is 5. The lowest BCUT2D eigenvalue weighted by Gasteiger charge is -2.08. The molecule has 4 heteroatoms. The minimum Gasteiger partial charge on any atom is -0.329 e. The fourth-order valence-electron chi connectivity index (χ4n) is 1.21. The van der Waals surface area contributed by atoms with Crippen molar-refractivity contribution in [1.29, 1.82) is 0 Å². The molecule has 1 aromatic rings. The van der Waals surface area contributed by atoms with E-state index in [1.54, 1.807) is 0 Å². The fourth-order valence-corrected chi connectivity index (χ4v) is 1.21. The number of anilines is 1. The first-order valence-corrected chi connectivity index (χ1v) is 5.00. The third kappa shape index (κ3) is 4.10. The van der Waals surface area contributed by atoms with Crippen LogP contribution in [0.25, 0.3) is 0 Å². The highest BCUT2D eigenvalue weighted by molar-refractivity contribution is 5.92. The first-order valence-electron chi connectivity index (χ1n) is 5.00. The van der Waals surface area contributed by atoms with E-state index in [1.165, 1.54) is 0 Å². The third-order valence-corrected chi connectivity index (χ3v) is 2.03. The summed E-state index contributed by atoms with van der Waals surface area (Å²) in [4.78, 5) is 11.4. The Hall–Kier alpha value is -1.39. The number of carbonyl (C=O) groups excluding carboxylic acids is 1. The lowest BCUT2D eigenvalue weighted by molar-refractivity contribution is -0.115. The number of aryl methyl sites for hydroxylation is 1. The molecular formula is C11H17N3O. The standard InChI is InChI=1S/C11H17N3O/c1-9-4-2-3-5-10(9)14-11(15)8-13-7-6-12/h2-5,13H,6-8,12H2,1H3,(H,14,15).